The summed E-state index contributed by atoms with van der Waals surface area (Å²) in [4.78, 5) is 0. The van der Waals surface area contributed by atoms with Crippen molar-refractivity contribution in [3.05, 3.63) is 34.3 Å². The molecular formula is C7H5BrCl. The predicted octanol–water partition coefficient (Wildman–Crippen LogP) is 2.99. The summed E-state index contributed by atoms with van der Waals surface area (Å²) in [6.07, 6.45) is 0. The Kier molecular flexibility index (Phi) is 2.55. The molecule has 0 spiro atoms. The van der Waals surface area contributed by atoms with Crippen molar-refractivity contribution in [2.75, 3.05) is 0 Å². The first kappa shape index (κ1) is 7.10. The summed E-state index contributed by atoms with van der Waals surface area (Å²) in [6.45, 7) is 0. The Morgan fingerprint density at radius 3 is 2.89 bits per heavy atom. The Bertz CT molecular complexity index is 198. The summed E-state index contributed by atoms with van der Waals surface area (Å²) >= 11 is 8.85. The average molecular weight is 204 g/mol. The normalized spacial score (nSPS) is 9.56. The van der Waals surface area contributed by atoms with Crippen LogP contribution in [0.25, 0.3) is 0 Å². The molecule has 0 saturated carbocycles. The first-order valence-corrected chi connectivity index (χ1v) is 3.88. The van der Waals surface area contributed by atoms with Gasteiger partial charge < -0.3 is 0 Å². The molecule has 0 aliphatic rings. The zero-order valence-electron chi connectivity index (χ0n) is 4.70. The van der Waals surface area contributed by atoms with E-state index in [1.165, 1.54) is 0 Å². The van der Waals surface area contributed by atoms with Crippen LogP contribution in [0, 0.1) is 6.07 Å². The first-order valence-electron chi connectivity index (χ1n) is 2.55. The second-order valence-corrected chi connectivity index (χ2v) is 2.80. The molecule has 0 unspecified atom stereocenters. The molecule has 0 saturated heterocycles. The van der Waals surface area contributed by atoms with Crippen LogP contribution < -0.4 is 0 Å². The molecule has 0 aliphatic heterocycles. The van der Waals surface area contributed by atoms with Crippen LogP contribution in [0.15, 0.2) is 22.7 Å². The maximum absolute atomic E-state index is 5.56. The summed E-state index contributed by atoms with van der Waals surface area (Å²) < 4.78 is 0.959. The molecule has 1 radical (unpaired) electrons. The molecule has 1 aromatic carbocycles. The molecule has 0 nitrogen and oxygen atoms in total. The van der Waals surface area contributed by atoms with Crippen LogP contribution in [-0.4, -0.2) is 0 Å². The highest BCUT2D eigenvalue weighted by Gasteiger charge is 1.88. The van der Waals surface area contributed by atoms with Crippen LogP contribution in [-0.2, 0) is 5.88 Å². The van der Waals surface area contributed by atoms with E-state index in [0.717, 1.165) is 10.0 Å². The molecule has 0 heterocycles. The Hall–Kier alpha value is -0.0100. The van der Waals surface area contributed by atoms with Crippen LogP contribution in [0.5, 0.6) is 0 Å². The second kappa shape index (κ2) is 3.23. The van der Waals surface area contributed by atoms with Crippen molar-refractivity contribution in [1.29, 1.82) is 0 Å². The third-order valence-corrected chi connectivity index (χ3v) is 1.75. The monoisotopic (exact) mass is 203 g/mol. The Morgan fingerprint density at radius 2 is 2.44 bits per heavy atom. The SMILES string of the molecule is ClCc1cc[c]c(Br)c1. The minimum atomic E-state index is 0.563. The molecule has 47 valence electrons. The van der Waals surface area contributed by atoms with Gasteiger partial charge in [-0.2, -0.15) is 0 Å². The summed E-state index contributed by atoms with van der Waals surface area (Å²) in [5.74, 6) is 0.563. The lowest BCUT2D eigenvalue weighted by atomic mass is 10.2. The van der Waals surface area contributed by atoms with E-state index in [0.29, 0.717) is 5.88 Å². The van der Waals surface area contributed by atoms with E-state index in [4.69, 9.17) is 11.6 Å². The highest BCUT2D eigenvalue weighted by molar-refractivity contribution is 9.10. The smallest absolute Gasteiger partial charge is 0.0474 e. The van der Waals surface area contributed by atoms with Gasteiger partial charge in [0, 0.05) is 10.4 Å². The maximum atomic E-state index is 5.56. The number of alkyl halides is 1. The number of hydrogen-bond acceptors (Lipinski definition) is 0. The van der Waals surface area contributed by atoms with Crippen molar-refractivity contribution in [3.63, 3.8) is 0 Å². The molecular weight excluding hydrogens is 199 g/mol. The topological polar surface area (TPSA) is 0 Å². The van der Waals surface area contributed by atoms with Gasteiger partial charge in [-0.3, -0.25) is 0 Å². The van der Waals surface area contributed by atoms with Crippen molar-refractivity contribution < 1.29 is 0 Å². The summed E-state index contributed by atoms with van der Waals surface area (Å²) in [6, 6.07) is 8.71. The number of halogens is 2. The van der Waals surface area contributed by atoms with Gasteiger partial charge in [0.1, 0.15) is 0 Å². The largest absolute Gasteiger partial charge is 0.122 e. The number of rotatable bonds is 1. The van der Waals surface area contributed by atoms with Crippen LogP contribution in [0.1, 0.15) is 5.56 Å². The third-order valence-electron chi connectivity index (χ3n) is 0.985. The van der Waals surface area contributed by atoms with Gasteiger partial charge in [-0.25, -0.2) is 0 Å². The fourth-order valence-electron chi connectivity index (χ4n) is 0.564. The molecule has 0 amide bonds. The molecule has 1 rings (SSSR count). The predicted molar refractivity (Wildman–Crippen MR) is 42.5 cm³/mol. The molecule has 0 aliphatic carbocycles. The van der Waals surface area contributed by atoms with Crippen molar-refractivity contribution >= 4 is 27.5 Å². The van der Waals surface area contributed by atoms with Crippen LogP contribution in [0.3, 0.4) is 0 Å². The second-order valence-electron chi connectivity index (χ2n) is 1.68. The van der Waals surface area contributed by atoms with Crippen molar-refractivity contribution in [2.45, 2.75) is 5.88 Å². The quantitative estimate of drug-likeness (QED) is 0.617. The van der Waals surface area contributed by atoms with Crippen molar-refractivity contribution in [3.8, 4) is 0 Å². The fraction of sp³-hybridized carbons (Fsp3) is 0.143. The van der Waals surface area contributed by atoms with Gasteiger partial charge in [0.2, 0.25) is 0 Å². The standard InChI is InChI=1S/C7H5BrCl/c8-7-3-1-2-6(4-7)5-9/h1-2,4H,5H2. The highest BCUT2D eigenvalue weighted by Crippen LogP contribution is 2.11. The first-order chi connectivity index (χ1) is 4.33. The average Bonchev–Trinajstić information content (AvgIpc) is 1.88. The van der Waals surface area contributed by atoms with Gasteiger partial charge in [0.25, 0.3) is 0 Å². The molecule has 0 aromatic heterocycles. The summed E-state index contributed by atoms with van der Waals surface area (Å²) in [7, 11) is 0. The Labute approximate surface area is 68.0 Å². The lowest BCUT2D eigenvalue weighted by molar-refractivity contribution is 1.39. The Balaban J connectivity index is 2.94. The van der Waals surface area contributed by atoms with Crippen molar-refractivity contribution in [2.24, 2.45) is 0 Å². The minimum Gasteiger partial charge on any atom is -0.122 e. The van der Waals surface area contributed by atoms with E-state index in [2.05, 4.69) is 22.0 Å². The van der Waals surface area contributed by atoms with Gasteiger partial charge in [0.15, 0.2) is 0 Å². The van der Waals surface area contributed by atoms with E-state index in [1.807, 2.05) is 18.2 Å². The highest BCUT2D eigenvalue weighted by atomic mass is 79.9. The molecule has 0 fully saturated rings. The van der Waals surface area contributed by atoms with Gasteiger partial charge >= 0.3 is 0 Å². The van der Waals surface area contributed by atoms with E-state index in [1.54, 1.807) is 0 Å². The summed E-state index contributed by atoms with van der Waals surface area (Å²) in [5.41, 5.74) is 1.11. The van der Waals surface area contributed by atoms with Gasteiger partial charge in [0.05, 0.1) is 0 Å². The van der Waals surface area contributed by atoms with E-state index in [9.17, 15) is 0 Å². The van der Waals surface area contributed by atoms with Gasteiger partial charge in [-0.15, -0.1) is 11.6 Å². The lowest BCUT2D eigenvalue weighted by Gasteiger charge is -1.92. The van der Waals surface area contributed by atoms with Crippen molar-refractivity contribution in [1.82, 2.24) is 0 Å². The molecule has 0 bridgehead atoms. The lowest BCUT2D eigenvalue weighted by Crippen LogP contribution is -1.74. The number of hydrogen-bond donors (Lipinski definition) is 0. The number of benzene rings is 1. The molecule has 0 N–H and O–H groups in total. The molecule has 1 aromatic rings. The zero-order valence-corrected chi connectivity index (χ0v) is 7.04. The maximum Gasteiger partial charge on any atom is 0.0474 e. The third kappa shape index (κ3) is 1.99. The summed E-state index contributed by atoms with van der Waals surface area (Å²) in [5, 5.41) is 0. The van der Waals surface area contributed by atoms with E-state index in [-0.39, 0.29) is 0 Å². The van der Waals surface area contributed by atoms with Gasteiger partial charge in [-0.05, 0) is 17.7 Å². The van der Waals surface area contributed by atoms with E-state index >= 15 is 0 Å². The minimum absolute atomic E-state index is 0.563. The van der Waals surface area contributed by atoms with Gasteiger partial charge in [-0.1, -0.05) is 28.1 Å². The van der Waals surface area contributed by atoms with Crippen LogP contribution >= 0.6 is 27.5 Å². The zero-order chi connectivity index (χ0) is 6.69. The molecule has 9 heavy (non-hydrogen) atoms. The fourth-order valence-corrected chi connectivity index (χ4v) is 1.16. The van der Waals surface area contributed by atoms with Crippen LogP contribution in [0.2, 0.25) is 0 Å². The molecule has 2 heteroatoms. The molecule has 0 atom stereocenters. The van der Waals surface area contributed by atoms with E-state index < -0.39 is 0 Å². The van der Waals surface area contributed by atoms with Crippen LogP contribution in [0.4, 0.5) is 0 Å². The Morgan fingerprint density at radius 1 is 1.67 bits per heavy atom.